The molecule has 0 saturated heterocycles. The van der Waals surface area contributed by atoms with Crippen LogP contribution in [0, 0.1) is 5.82 Å². The Morgan fingerprint density at radius 1 is 1.40 bits per heavy atom. The first kappa shape index (κ1) is 14.2. The van der Waals surface area contributed by atoms with Crippen LogP contribution in [0.5, 0.6) is 5.75 Å². The van der Waals surface area contributed by atoms with E-state index in [2.05, 4.69) is 10.4 Å². The zero-order chi connectivity index (χ0) is 14.9. The van der Waals surface area contributed by atoms with E-state index >= 15 is 0 Å². The number of rotatable bonds is 4. The summed E-state index contributed by atoms with van der Waals surface area (Å²) in [6, 6.07) is 4.29. The SMILES string of the molecule is COc1cc(F)ccc1Nc1c(N)c(C(C)C)nn1C. The summed E-state index contributed by atoms with van der Waals surface area (Å²) in [5.41, 5.74) is 8.17. The van der Waals surface area contributed by atoms with Crippen LogP contribution < -0.4 is 15.8 Å². The van der Waals surface area contributed by atoms with Crippen LogP contribution in [-0.2, 0) is 7.05 Å². The average Bonchev–Trinajstić information content (AvgIpc) is 2.68. The molecule has 0 bridgehead atoms. The standard InChI is InChI=1S/C14H19FN4O/c1-8(2)13-12(16)14(19(3)18-13)17-10-6-5-9(15)7-11(10)20-4/h5-8,17H,16H2,1-4H3. The Hall–Kier alpha value is -2.24. The molecule has 0 saturated carbocycles. The van der Waals surface area contributed by atoms with Gasteiger partial charge in [0.2, 0.25) is 0 Å². The van der Waals surface area contributed by atoms with Crippen molar-refractivity contribution in [1.82, 2.24) is 9.78 Å². The Kier molecular flexibility index (Phi) is 3.83. The lowest BCUT2D eigenvalue weighted by Crippen LogP contribution is -2.03. The van der Waals surface area contributed by atoms with E-state index in [1.807, 2.05) is 13.8 Å². The number of ether oxygens (including phenoxy) is 1. The summed E-state index contributed by atoms with van der Waals surface area (Å²) in [6.07, 6.45) is 0. The van der Waals surface area contributed by atoms with Crippen LogP contribution in [0.4, 0.5) is 21.6 Å². The summed E-state index contributed by atoms with van der Waals surface area (Å²) in [6.45, 7) is 4.06. The molecule has 6 heteroatoms. The van der Waals surface area contributed by atoms with Gasteiger partial charge in [0.05, 0.1) is 24.2 Å². The summed E-state index contributed by atoms with van der Waals surface area (Å²) in [5, 5.41) is 7.54. The number of aryl methyl sites for hydroxylation is 1. The van der Waals surface area contributed by atoms with E-state index in [9.17, 15) is 4.39 Å². The van der Waals surface area contributed by atoms with Crippen molar-refractivity contribution >= 4 is 17.2 Å². The highest BCUT2D eigenvalue weighted by molar-refractivity contribution is 5.74. The number of nitrogens with two attached hydrogens (primary N) is 1. The Bertz CT molecular complexity index is 622. The van der Waals surface area contributed by atoms with Gasteiger partial charge in [0.1, 0.15) is 11.6 Å². The smallest absolute Gasteiger partial charge is 0.152 e. The molecule has 0 aliphatic carbocycles. The molecule has 3 N–H and O–H groups in total. The molecule has 0 spiro atoms. The van der Waals surface area contributed by atoms with Crippen molar-refractivity contribution in [1.29, 1.82) is 0 Å². The van der Waals surface area contributed by atoms with Gasteiger partial charge in [-0.1, -0.05) is 13.8 Å². The second-order valence-electron chi connectivity index (χ2n) is 4.90. The predicted octanol–water partition coefficient (Wildman–Crippen LogP) is 3.02. The fraction of sp³-hybridized carbons (Fsp3) is 0.357. The van der Waals surface area contributed by atoms with Gasteiger partial charge in [-0.25, -0.2) is 4.39 Å². The number of hydrogen-bond acceptors (Lipinski definition) is 4. The first-order valence-corrected chi connectivity index (χ1v) is 6.37. The van der Waals surface area contributed by atoms with Crippen molar-refractivity contribution in [3.63, 3.8) is 0 Å². The van der Waals surface area contributed by atoms with E-state index in [1.165, 1.54) is 19.2 Å². The molecule has 2 rings (SSSR count). The Morgan fingerprint density at radius 3 is 2.65 bits per heavy atom. The maximum Gasteiger partial charge on any atom is 0.152 e. The normalized spacial score (nSPS) is 10.9. The zero-order valence-corrected chi connectivity index (χ0v) is 12.1. The maximum atomic E-state index is 13.2. The van der Waals surface area contributed by atoms with E-state index in [0.717, 1.165) is 5.69 Å². The molecule has 0 fully saturated rings. The van der Waals surface area contributed by atoms with Gasteiger partial charge < -0.3 is 15.8 Å². The summed E-state index contributed by atoms with van der Waals surface area (Å²) in [7, 11) is 3.30. The predicted molar refractivity (Wildman–Crippen MR) is 77.9 cm³/mol. The second-order valence-corrected chi connectivity index (χ2v) is 4.90. The number of anilines is 3. The van der Waals surface area contributed by atoms with E-state index < -0.39 is 0 Å². The van der Waals surface area contributed by atoms with E-state index in [1.54, 1.807) is 17.8 Å². The van der Waals surface area contributed by atoms with Crippen LogP contribution in [-0.4, -0.2) is 16.9 Å². The molecule has 5 nitrogen and oxygen atoms in total. The van der Waals surface area contributed by atoms with Crippen LogP contribution in [0.2, 0.25) is 0 Å². The number of nitrogens with one attached hydrogen (secondary N) is 1. The summed E-state index contributed by atoms with van der Waals surface area (Å²) >= 11 is 0. The van der Waals surface area contributed by atoms with Crippen LogP contribution in [0.3, 0.4) is 0 Å². The molecule has 1 aromatic carbocycles. The third-order valence-electron chi connectivity index (χ3n) is 3.08. The van der Waals surface area contributed by atoms with Gasteiger partial charge in [-0.15, -0.1) is 0 Å². The van der Waals surface area contributed by atoms with Crippen molar-refractivity contribution < 1.29 is 9.13 Å². The van der Waals surface area contributed by atoms with Gasteiger partial charge in [-0.2, -0.15) is 5.10 Å². The minimum atomic E-state index is -0.353. The van der Waals surface area contributed by atoms with Crippen molar-refractivity contribution in [3.05, 3.63) is 29.7 Å². The third kappa shape index (κ3) is 2.54. The molecule has 1 aromatic heterocycles. The topological polar surface area (TPSA) is 65.1 Å². The number of aromatic nitrogens is 2. The van der Waals surface area contributed by atoms with Crippen LogP contribution in [0.15, 0.2) is 18.2 Å². The molecule has 20 heavy (non-hydrogen) atoms. The highest BCUT2D eigenvalue weighted by Crippen LogP contribution is 2.33. The Morgan fingerprint density at radius 2 is 2.10 bits per heavy atom. The first-order chi connectivity index (χ1) is 9.43. The summed E-state index contributed by atoms with van der Waals surface area (Å²) in [5.74, 6) is 0.954. The number of nitrogens with zero attached hydrogens (tertiary/aromatic N) is 2. The lowest BCUT2D eigenvalue weighted by molar-refractivity contribution is 0.413. The van der Waals surface area contributed by atoms with Gasteiger partial charge in [0.15, 0.2) is 5.82 Å². The molecule has 0 aliphatic rings. The van der Waals surface area contributed by atoms with Gasteiger partial charge in [-0.05, 0) is 18.1 Å². The zero-order valence-electron chi connectivity index (χ0n) is 12.1. The van der Waals surface area contributed by atoms with Crippen molar-refractivity contribution in [2.45, 2.75) is 19.8 Å². The second kappa shape index (κ2) is 5.40. The van der Waals surface area contributed by atoms with E-state index in [4.69, 9.17) is 10.5 Å². The monoisotopic (exact) mass is 278 g/mol. The summed E-state index contributed by atoms with van der Waals surface area (Å²) < 4.78 is 20.0. The minimum absolute atomic E-state index is 0.229. The van der Waals surface area contributed by atoms with Gasteiger partial charge in [-0.3, -0.25) is 4.68 Å². The largest absolute Gasteiger partial charge is 0.494 e. The van der Waals surface area contributed by atoms with Crippen LogP contribution in [0.1, 0.15) is 25.5 Å². The third-order valence-corrected chi connectivity index (χ3v) is 3.08. The lowest BCUT2D eigenvalue weighted by Gasteiger charge is -2.12. The lowest BCUT2D eigenvalue weighted by atomic mass is 10.1. The van der Waals surface area contributed by atoms with Crippen LogP contribution >= 0.6 is 0 Å². The quantitative estimate of drug-likeness (QED) is 0.902. The number of benzene rings is 1. The molecular formula is C14H19FN4O. The minimum Gasteiger partial charge on any atom is -0.494 e. The molecule has 1 heterocycles. The van der Waals surface area contributed by atoms with Gasteiger partial charge >= 0.3 is 0 Å². The van der Waals surface area contributed by atoms with Crippen molar-refractivity contribution in [2.24, 2.45) is 7.05 Å². The maximum absolute atomic E-state index is 13.2. The van der Waals surface area contributed by atoms with Crippen molar-refractivity contribution in [2.75, 3.05) is 18.2 Å². The Balaban J connectivity index is 2.40. The molecule has 108 valence electrons. The first-order valence-electron chi connectivity index (χ1n) is 6.37. The number of hydrogen-bond donors (Lipinski definition) is 2. The number of halogens is 1. The highest BCUT2D eigenvalue weighted by atomic mass is 19.1. The van der Waals surface area contributed by atoms with E-state index in [0.29, 0.717) is 22.9 Å². The molecule has 0 amide bonds. The Labute approximate surface area is 117 Å². The van der Waals surface area contributed by atoms with Crippen molar-refractivity contribution in [3.8, 4) is 5.75 Å². The molecule has 0 atom stereocenters. The molecule has 0 aliphatic heterocycles. The fourth-order valence-corrected chi connectivity index (χ4v) is 2.03. The molecule has 2 aromatic rings. The van der Waals surface area contributed by atoms with Crippen LogP contribution in [0.25, 0.3) is 0 Å². The van der Waals surface area contributed by atoms with Gasteiger partial charge in [0, 0.05) is 13.1 Å². The average molecular weight is 278 g/mol. The molecular weight excluding hydrogens is 259 g/mol. The molecule has 0 radical (unpaired) electrons. The summed E-state index contributed by atoms with van der Waals surface area (Å²) in [4.78, 5) is 0. The highest BCUT2D eigenvalue weighted by Gasteiger charge is 2.17. The fourth-order valence-electron chi connectivity index (χ4n) is 2.03. The molecule has 0 unspecified atom stereocenters. The number of methoxy groups -OCH3 is 1. The van der Waals surface area contributed by atoms with Gasteiger partial charge in [0.25, 0.3) is 0 Å². The number of nitrogen functional groups attached to an aromatic ring is 1. The van der Waals surface area contributed by atoms with E-state index in [-0.39, 0.29) is 11.7 Å².